The first-order valence-electron chi connectivity index (χ1n) is 6.31. The molecule has 2 rings (SSSR count). The Labute approximate surface area is 108 Å². The lowest BCUT2D eigenvalue weighted by atomic mass is 10.4. The van der Waals surface area contributed by atoms with Gasteiger partial charge in [0.15, 0.2) is 0 Å². The van der Waals surface area contributed by atoms with Crippen LogP contribution in [0, 0.1) is 0 Å². The maximum atomic E-state index is 5.17. The molecule has 0 radical (unpaired) electrons. The van der Waals surface area contributed by atoms with Crippen molar-refractivity contribution in [2.45, 2.75) is 23.8 Å². The van der Waals surface area contributed by atoms with Gasteiger partial charge in [-0.05, 0) is 25.0 Å². The minimum Gasteiger partial charge on any atom is -0.383 e. The molecule has 0 aromatic heterocycles. The second-order valence-electron chi connectivity index (χ2n) is 4.42. The molecule has 1 aliphatic carbocycles. The van der Waals surface area contributed by atoms with Gasteiger partial charge < -0.3 is 4.74 Å². The van der Waals surface area contributed by atoms with E-state index in [1.54, 1.807) is 7.11 Å². The Morgan fingerprint density at radius 2 is 2.00 bits per heavy atom. The standard InChI is InChI=1S/C14H21NOS/c1-16-11-9-15(13-7-8-13)10-12-17-14-5-3-2-4-6-14/h2-6,13H,7-12H2,1H3. The number of hydrogen-bond donors (Lipinski definition) is 0. The minimum absolute atomic E-state index is 0.835. The van der Waals surface area contributed by atoms with Gasteiger partial charge in [-0.1, -0.05) is 18.2 Å². The molecule has 1 aromatic carbocycles. The molecule has 0 amide bonds. The third kappa shape index (κ3) is 4.70. The molecule has 1 aliphatic rings. The first-order valence-corrected chi connectivity index (χ1v) is 7.29. The maximum Gasteiger partial charge on any atom is 0.0589 e. The molecule has 0 N–H and O–H groups in total. The number of benzene rings is 1. The van der Waals surface area contributed by atoms with Crippen LogP contribution in [0.1, 0.15) is 12.8 Å². The topological polar surface area (TPSA) is 12.5 Å². The van der Waals surface area contributed by atoms with E-state index in [4.69, 9.17) is 4.74 Å². The highest BCUT2D eigenvalue weighted by Gasteiger charge is 2.27. The molecule has 0 unspecified atom stereocenters. The summed E-state index contributed by atoms with van der Waals surface area (Å²) < 4.78 is 5.17. The van der Waals surface area contributed by atoms with Crippen LogP contribution in [0.15, 0.2) is 35.2 Å². The van der Waals surface area contributed by atoms with Gasteiger partial charge in [-0.3, -0.25) is 4.90 Å². The van der Waals surface area contributed by atoms with Crippen molar-refractivity contribution >= 4 is 11.8 Å². The molecule has 1 fully saturated rings. The number of ether oxygens (including phenoxy) is 1. The molecule has 1 aromatic rings. The van der Waals surface area contributed by atoms with Crippen LogP contribution in [0.2, 0.25) is 0 Å². The first kappa shape index (κ1) is 12.9. The van der Waals surface area contributed by atoms with E-state index in [1.165, 1.54) is 30.0 Å². The van der Waals surface area contributed by atoms with Gasteiger partial charge in [-0.2, -0.15) is 0 Å². The molecule has 0 atom stereocenters. The van der Waals surface area contributed by atoms with E-state index >= 15 is 0 Å². The van der Waals surface area contributed by atoms with E-state index in [9.17, 15) is 0 Å². The van der Waals surface area contributed by atoms with E-state index in [0.29, 0.717) is 0 Å². The lowest BCUT2D eigenvalue weighted by molar-refractivity contribution is 0.147. The summed E-state index contributed by atoms with van der Waals surface area (Å²) in [4.78, 5) is 3.94. The SMILES string of the molecule is COCCN(CCSc1ccccc1)C1CC1. The zero-order valence-electron chi connectivity index (χ0n) is 10.5. The zero-order valence-corrected chi connectivity index (χ0v) is 11.3. The number of methoxy groups -OCH3 is 1. The van der Waals surface area contributed by atoms with Crippen LogP contribution in [0.4, 0.5) is 0 Å². The van der Waals surface area contributed by atoms with E-state index in [2.05, 4.69) is 35.2 Å². The molecule has 0 bridgehead atoms. The molecule has 0 aliphatic heterocycles. The molecule has 0 saturated heterocycles. The van der Waals surface area contributed by atoms with Gasteiger partial charge in [0.25, 0.3) is 0 Å². The number of rotatable bonds is 8. The molecule has 17 heavy (non-hydrogen) atoms. The summed E-state index contributed by atoms with van der Waals surface area (Å²) in [5.41, 5.74) is 0. The predicted octanol–water partition coefficient (Wildman–Crippen LogP) is 2.89. The Kier molecular flexibility index (Phi) is 5.36. The quantitative estimate of drug-likeness (QED) is 0.659. The number of hydrogen-bond acceptors (Lipinski definition) is 3. The Bertz CT molecular complexity index is 313. The van der Waals surface area contributed by atoms with Crippen LogP contribution >= 0.6 is 11.8 Å². The fraction of sp³-hybridized carbons (Fsp3) is 0.571. The van der Waals surface area contributed by atoms with Gasteiger partial charge >= 0.3 is 0 Å². The molecule has 2 nitrogen and oxygen atoms in total. The van der Waals surface area contributed by atoms with Crippen molar-refractivity contribution in [3.05, 3.63) is 30.3 Å². The van der Waals surface area contributed by atoms with E-state index in [-0.39, 0.29) is 0 Å². The third-order valence-electron chi connectivity index (χ3n) is 3.04. The lowest BCUT2D eigenvalue weighted by Gasteiger charge is -2.21. The molecule has 0 spiro atoms. The van der Waals surface area contributed by atoms with Gasteiger partial charge in [-0.25, -0.2) is 0 Å². The number of nitrogens with zero attached hydrogens (tertiary/aromatic N) is 1. The normalized spacial score (nSPS) is 15.4. The second kappa shape index (κ2) is 7.04. The van der Waals surface area contributed by atoms with Crippen molar-refractivity contribution in [2.75, 3.05) is 32.6 Å². The second-order valence-corrected chi connectivity index (χ2v) is 5.59. The third-order valence-corrected chi connectivity index (χ3v) is 4.03. The van der Waals surface area contributed by atoms with Crippen LogP contribution < -0.4 is 0 Å². The zero-order chi connectivity index (χ0) is 11.9. The summed E-state index contributed by atoms with van der Waals surface area (Å²) in [5.74, 6) is 1.17. The molecule has 94 valence electrons. The van der Waals surface area contributed by atoms with Crippen molar-refractivity contribution in [3.63, 3.8) is 0 Å². The van der Waals surface area contributed by atoms with Crippen LogP contribution in [-0.4, -0.2) is 43.5 Å². The first-order chi connectivity index (χ1) is 8.40. The smallest absolute Gasteiger partial charge is 0.0589 e. The Morgan fingerprint density at radius 3 is 2.65 bits per heavy atom. The highest BCUT2D eigenvalue weighted by atomic mass is 32.2. The van der Waals surface area contributed by atoms with Crippen molar-refractivity contribution < 1.29 is 4.74 Å². The molecule has 0 heterocycles. The van der Waals surface area contributed by atoms with E-state index < -0.39 is 0 Å². The fourth-order valence-corrected chi connectivity index (χ4v) is 2.83. The molecule has 1 saturated carbocycles. The average molecular weight is 251 g/mol. The molecular formula is C14H21NOS. The van der Waals surface area contributed by atoms with Crippen molar-refractivity contribution in [2.24, 2.45) is 0 Å². The largest absolute Gasteiger partial charge is 0.383 e. The summed E-state index contributed by atoms with van der Waals surface area (Å²) in [7, 11) is 1.78. The Hall–Kier alpha value is -0.510. The summed E-state index contributed by atoms with van der Waals surface area (Å²) in [6.45, 7) is 3.11. The predicted molar refractivity (Wildman–Crippen MR) is 73.6 cm³/mol. The van der Waals surface area contributed by atoms with Crippen LogP contribution in [0.5, 0.6) is 0 Å². The summed E-state index contributed by atoms with van der Waals surface area (Å²) in [6, 6.07) is 11.5. The summed E-state index contributed by atoms with van der Waals surface area (Å²) in [6.07, 6.45) is 2.75. The van der Waals surface area contributed by atoms with Crippen molar-refractivity contribution in [1.82, 2.24) is 4.90 Å². The molecular weight excluding hydrogens is 230 g/mol. The van der Waals surface area contributed by atoms with Crippen molar-refractivity contribution in [3.8, 4) is 0 Å². The van der Waals surface area contributed by atoms with Gasteiger partial charge in [0.2, 0.25) is 0 Å². The lowest BCUT2D eigenvalue weighted by Crippen LogP contribution is -2.31. The van der Waals surface area contributed by atoms with Crippen molar-refractivity contribution in [1.29, 1.82) is 0 Å². The van der Waals surface area contributed by atoms with Gasteiger partial charge in [0.05, 0.1) is 6.61 Å². The summed E-state index contributed by atoms with van der Waals surface area (Å²) in [5, 5.41) is 0. The minimum atomic E-state index is 0.835. The van der Waals surface area contributed by atoms with Gasteiger partial charge in [0, 0.05) is 36.9 Å². The fourth-order valence-electron chi connectivity index (χ4n) is 1.92. The maximum absolute atomic E-state index is 5.17. The van der Waals surface area contributed by atoms with Crippen LogP contribution in [0.25, 0.3) is 0 Å². The van der Waals surface area contributed by atoms with E-state index in [0.717, 1.165) is 19.2 Å². The molecule has 3 heteroatoms. The van der Waals surface area contributed by atoms with Crippen LogP contribution in [-0.2, 0) is 4.74 Å². The van der Waals surface area contributed by atoms with Crippen LogP contribution in [0.3, 0.4) is 0 Å². The monoisotopic (exact) mass is 251 g/mol. The highest BCUT2D eigenvalue weighted by Crippen LogP contribution is 2.27. The van der Waals surface area contributed by atoms with Gasteiger partial charge in [0.1, 0.15) is 0 Å². The Balaban J connectivity index is 1.68. The highest BCUT2D eigenvalue weighted by molar-refractivity contribution is 7.99. The number of thioether (sulfide) groups is 1. The average Bonchev–Trinajstić information content (AvgIpc) is 3.19. The van der Waals surface area contributed by atoms with Gasteiger partial charge in [-0.15, -0.1) is 11.8 Å². The Morgan fingerprint density at radius 1 is 1.24 bits per heavy atom. The van der Waals surface area contributed by atoms with E-state index in [1.807, 2.05) is 11.8 Å². The summed E-state index contributed by atoms with van der Waals surface area (Å²) >= 11 is 1.94.